The average molecular weight is 287 g/mol. The van der Waals surface area contributed by atoms with E-state index in [1.165, 1.54) is 25.3 Å². The number of pyridine rings is 1. The van der Waals surface area contributed by atoms with Crippen LogP contribution in [0.15, 0.2) is 18.5 Å². The highest BCUT2D eigenvalue weighted by molar-refractivity contribution is 5.97. The molecule has 2 heterocycles. The second kappa shape index (κ2) is 5.20. The third-order valence-corrected chi connectivity index (χ3v) is 3.96. The van der Waals surface area contributed by atoms with Crippen molar-refractivity contribution in [1.82, 2.24) is 9.55 Å². The van der Waals surface area contributed by atoms with Gasteiger partial charge in [-0.3, -0.25) is 10.1 Å². The molecular weight excluding hydrogens is 270 g/mol. The molecule has 0 bridgehead atoms. The minimum atomic E-state index is -0.447. The van der Waals surface area contributed by atoms with Gasteiger partial charge in [-0.1, -0.05) is 6.08 Å². The Labute approximate surface area is 122 Å². The minimum Gasteiger partial charge on any atom is -0.490 e. The van der Waals surface area contributed by atoms with E-state index >= 15 is 0 Å². The van der Waals surface area contributed by atoms with Crippen molar-refractivity contribution >= 4 is 22.3 Å². The van der Waals surface area contributed by atoms with Gasteiger partial charge in [0.05, 0.1) is 17.4 Å². The number of nitrogens with zero attached hydrogens (tertiary/aromatic N) is 3. The molecule has 0 unspecified atom stereocenters. The van der Waals surface area contributed by atoms with Crippen molar-refractivity contribution in [3.8, 4) is 5.75 Å². The number of fused-ring (bicyclic) bond motifs is 1. The predicted molar refractivity (Wildman–Crippen MR) is 80.4 cm³/mol. The maximum absolute atomic E-state index is 11.2. The zero-order chi connectivity index (χ0) is 15.0. The Balaban J connectivity index is 2.32. The normalized spacial score (nSPS) is 15.0. The zero-order valence-electron chi connectivity index (χ0n) is 12.1. The fraction of sp³-hybridized carbons (Fsp3) is 0.400. The summed E-state index contributed by atoms with van der Waals surface area (Å²) in [5.41, 5.74) is 2.85. The number of allylic oxidation sites excluding steroid dienone is 2. The van der Waals surface area contributed by atoms with Crippen LogP contribution in [-0.2, 0) is 7.05 Å². The molecule has 0 N–H and O–H groups in total. The van der Waals surface area contributed by atoms with Gasteiger partial charge in [-0.05, 0) is 31.3 Å². The molecule has 0 fully saturated rings. The van der Waals surface area contributed by atoms with E-state index in [0.717, 1.165) is 30.2 Å². The van der Waals surface area contributed by atoms with Crippen molar-refractivity contribution < 1.29 is 9.66 Å². The van der Waals surface area contributed by atoms with Crippen LogP contribution in [-0.4, -0.2) is 21.6 Å². The standard InChI is InChI=1S/C15H17N3O3/c1-17-9-11(10-6-4-3-5-7-10)13-14(21-2)12(18(19)20)8-16-15(13)17/h6,8-9H,3-5,7H2,1-2H3. The number of nitro groups is 1. The molecule has 3 rings (SSSR count). The molecule has 6 nitrogen and oxygen atoms in total. The lowest BCUT2D eigenvalue weighted by atomic mass is 9.93. The van der Waals surface area contributed by atoms with E-state index < -0.39 is 4.92 Å². The topological polar surface area (TPSA) is 70.2 Å². The molecule has 0 amide bonds. The summed E-state index contributed by atoms with van der Waals surface area (Å²) in [6.07, 6.45) is 9.86. The van der Waals surface area contributed by atoms with Crippen molar-refractivity contribution in [2.45, 2.75) is 25.7 Å². The Hall–Kier alpha value is -2.37. The van der Waals surface area contributed by atoms with Gasteiger partial charge < -0.3 is 9.30 Å². The van der Waals surface area contributed by atoms with E-state index in [1.807, 2.05) is 17.8 Å². The summed E-state index contributed by atoms with van der Waals surface area (Å²) >= 11 is 0. The fourth-order valence-electron chi connectivity index (χ4n) is 2.97. The molecule has 0 atom stereocenters. The van der Waals surface area contributed by atoms with E-state index in [-0.39, 0.29) is 5.69 Å². The molecule has 2 aromatic rings. The molecule has 1 aliphatic carbocycles. The van der Waals surface area contributed by atoms with Crippen molar-refractivity contribution in [2.75, 3.05) is 7.11 Å². The number of ether oxygens (including phenoxy) is 1. The lowest BCUT2D eigenvalue weighted by molar-refractivity contribution is -0.385. The Morgan fingerprint density at radius 1 is 1.43 bits per heavy atom. The first-order valence-electron chi connectivity index (χ1n) is 6.99. The molecule has 0 radical (unpaired) electrons. The summed E-state index contributed by atoms with van der Waals surface area (Å²) in [4.78, 5) is 15.0. The van der Waals surface area contributed by atoms with E-state index in [2.05, 4.69) is 11.1 Å². The Morgan fingerprint density at radius 2 is 2.24 bits per heavy atom. The Morgan fingerprint density at radius 3 is 2.86 bits per heavy atom. The van der Waals surface area contributed by atoms with Gasteiger partial charge in [0.2, 0.25) is 5.75 Å². The van der Waals surface area contributed by atoms with E-state index in [1.54, 1.807) is 0 Å². The molecule has 2 aromatic heterocycles. The molecule has 0 spiro atoms. The number of aromatic nitrogens is 2. The summed E-state index contributed by atoms with van der Waals surface area (Å²) in [7, 11) is 3.36. The van der Waals surface area contributed by atoms with Gasteiger partial charge in [0.15, 0.2) is 0 Å². The summed E-state index contributed by atoms with van der Waals surface area (Å²) in [6.45, 7) is 0. The SMILES string of the molecule is COc1c([N+](=O)[O-])cnc2c1c(C1=CCCCC1)cn2C. The van der Waals surface area contributed by atoms with E-state index in [0.29, 0.717) is 11.4 Å². The third kappa shape index (κ3) is 2.16. The number of rotatable bonds is 3. The van der Waals surface area contributed by atoms with Crippen LogP contribution < -0.4 is 4.74 Å². The molecule has 110 valence electrons. The lowest BCUT2D eigenvalue weighted by Crippen LogP contribution is -1.98. The van der Waals surface area contributed by atoms with E-state index in [4.69, 9.17) is 4.74 Å². The maximum atomic E-state index is 11.2. The Kier molecular flexibility index (Phi) is 3.37. The molecule has 21 heavy (non-hydrogen) atoms. The number of hydrogen-bond donors (Lipinski definition) is 0. The first-order chi connectivity index (χ1) is 10.1. The lowest BCUT2D eigenvalue weighted by Gasteiger charge is -2.12. The summed E-state index contributed by atoms with van der Waals surface area (Å²) in [5.74, 6) is 0.298. The second-order valence-corrected chi connectivity index (χ2v) is 5.26. The van der Waals surface area contributed by atoms with Crippen LogP contribution >= 0.6 is 0 Å². The highest BCUT2D eigenvalue weighted by atomic mass is 16.6. The monoisotopic (exact) mass is 287 g/mol. The zero-order valence-corrected chi connectivity index (χ0v) is 12.1. The molecule has 0 saturated heterocycles. The van der Waals surface area contributed by atoms with Crippen molar-refractivity contribution in [1.29, 1.82) is 0 Å². The van der Waals surface area contributed by atoms with Crippen molar-refractivity contribution in [2.24, 2.45) is 7.05 Å². The van der Waals surface area contributed by atoms with E-state index in [9.17, 15) is 10.1 Å². The first-order valence-corrected chi connectivity index (χ1v) is 6.99. The Bertz CT molecular complexity index is 746. The van der Waals surface area contributed by atoms with Crippen LogP contribution in [0.25, 0.3) is 16.6 Å². The van der Waals surface area contributed by atoms with Crippen LogP contribution in [0.5, 0.6) is 5.75 Å². The maximum Gasteiger partial charge on any atom is 0.329 e. The number of hydrogen-bond acceptors (Lipinski definition) is 4. The van der Waals surface area contributed by atoms with Crippen LogP contribution in [0.2, 0.25) is 0 Å². The molecule has 0 saturated carbocycles. The molecule has 1 aliphatic rings. The van der Waals surface area contributed by atoms with Gasteiger partial charge in [-0.2, -0.15) is 0 Å². The summed E-state index contributed by atoms with van der Waals surface area (Å²) < 4.78 is 7.24. The molecule has 0 aromatic carbocycles. The quantitative estimate of drug-likeness (QED) is 0.640. The average Bonchev–Trinajstić information content (AvgIpc) is 2.84. The minimum absolute atomic E-state index is 0.0890. The highest BCUT2D eigenvalue weighted by Gasteiger charge is 2.24. The third-order valence-electron chi connectivity index (χ3n) is 3.96. The first kappa shape index (κ1) is 13.6. The number of methoxy groups -OCH3 is 1. The second-order valence-electron chi connectivity index (χ2n) is 5.26. The number of aryl methyl sites for hydroxylation is 1. The van der Waals surface area contributed by atoms with Gasteiger partial charge in [-0.25, -0.2) is 4.98 Å². The van der Waals surface area contributed by atoms with Crippen LogP contribution in [0.4, 0.5) is 5.69 Å². The summed E-state index contributed by atoms with van der Waals surface area (Å²) in [6, 6.07) is 0. The van der Waals surface area contributed by atoms with Gasteiger partial charge in [-0.15, -0.1) is 0 Å². The van der Waals surface area contributed by atoms with Crippen molar-refractivity contribution in [3.05, 3.63) is 34.1 Å². The smallest absolute Gasteiger partial charge is 0.329 e. The highest BCUT2D eigenvalue weighted by Crippen LogP contribution is 2.40. The van der Waals surface area contributed by atoms with Gasteiger partial charge in [0.1, 0.15) is 11.8 Å². The van der Waals surface area contributed by atoms with Crippen molar-refractivity contribution in [3.63, 3.8) is 0 Å². The molecule has 6 heteroatoms. The van der Waals surface area contributed by atoms with Gasteiger partial charge >= 0.3 is 5.69 Å². The van der Waals surface area contributed by atoms with Crippen LogP contribution in [0.3, 0.4) is 0 Å². The van der Waals surface area contributed by atoms with Gasteiger partial charge in [0, 0.05) is 18.8 Å². The van der Waals surface area contributed by atoms with Crippen LogP contribution in [0.1, 0.15) is 31.2 Å². The largest absolute Gasteiger partial charge is 0.490 e. The van der Waals surface area contributed by atoms with Crippen LogP contribution in [0, 0.1) is 10.1 Å². The fourth-order valence-corrected chi connectivity index (χ4v) is 2.97. The van der Waals surface area contributed by atoms with Gasteiger partial charge in [0.25, 0.3) is 0 Å². The molecular formula is C15H17N3O3. The predicted octanol–water partition coefficient (Wildman–Crippen LogP) is 3.45. The summed E-state index contributed by atoms with van der Waals surface area (Å²) in [5, 5.41) is 11.9. The molecule has 0 aliphatic heterocycles.